The predicted molar refractivity (Wildman–Crippen MR) is 61.1 cm³/mol. The van der Waals surface area contributed by atoms with E-state index in [0.717, 1.165) is 0 Å². The molecule has 2 rings (SSSR count). The van der Waals surface area contributed by atoms with E-state index in [1.165, 1.54) is 18.2 Å². The summed E-state index contributed by atoms with van der Waals surface area (Å²) in [5, 5.41) is -0.532. The number of hydrogen-bond donors (Lipinski definition) is 0. The summed E-state index contributed by atoms with van der Waals surface area (Å²) in [6, 6.07) is 4.25. The van der Waals surface area contributed by atoms with Crippen LogP contribution in [0.3, 0.4) is 0 Å². The topological polar surface area (TPSA) is 35.5 Å². The lowest BCUT2D eigenvalue weighted by Crippen LogP contribution is -2.25. The molecule has 0 aliphatic carbocycles. The third kappa shape index (κ3) is 2.41. The minimum absolute atomic E-state index is 0.0455. The SMILES string of the molecule is CC(C)C(C(=O)Cl)c1ccc2c(c1)OC(F)(F)O2. The molecule has 1 unspecified atom stereocenters. The molecule has 0 aromatic heterocycles. The predicted octanol–water partition coefficient (Wildman–Crippen LogP) is 3.51. The number of ether oxygens (including phenoxy) is 2. The Kier molecular flexibility index (Phi) is 3.19. The molecule has 1 aromatic rings. The van der Waals surface area contributed by atoms with Crippen molar-refractivity contribution in [2.45, 2.75) is 26.1 Å². The fourth-order valence-corrected chi connectivity index (χ4v) is 2.32. The number of benzene rings is 1. The van der Waals surface area contributed by atoms with Gasteiger partial charge < -0.3 is 9.47 Å². The first-order valence-electron chi connectivity index (χ1n) is 5.39. The molecule has 0 spiro atoms. The van der Waals surface area contributed by atoms with Gasteiger partial charge in [-0.05, 0) is 35.2 Å². The molecule has 18 heavy (non-hydrogen) atoms. The Bertz CT molecular complexity index is 488. The molecule has 0 saturated carbocycles. The Morgan fingerprint density at radius 2 is 1.89 bits per heavy atom. The molecule has 0 N–H and O–H groups in total. The fraction of sp³-hybridized carbons (Fsp3) is 0.417. The van der Waals surface area contributed by atoms with Gasteiger partial charge in [0, 0.05) is 0 Å². The molecular weight excluding hydrogens is 266 g/mol. The number of carbonyl (C=O) groups excluding carboxylic acids is 1. The van der Waals surface area contributed by atoms with E-state index in [0.29, 0.717) is 5.56 Å². The van der Waals surface area contributed by atoms with Gasteiger partial charge in [-0.2, -0.15) is 0 Å². The van der Waals surface area contributed by atoms with Gasteiger partial charge in [0.1, 0.15) is 0 Å². The van der Waals surface area contributed by atoms with Crippen molar-refractivity contribution in [3.05, 3.63) is 23.8 Å². The zero-order valence-corrected chi connectivity index (χ0v) is 10.5. The molecule has 1 aliphatic heterocycles. The van der Waals surface area contributed by atoms with E-state index in [1.807, 2.05) is 13.8 Å². The highest BCUT2D eigenvalue weighted by atomic mass is 35.5. The van der Waals surface area contributed by atoms with Gasteiger partial charge in [-0.1, -0.05) is 19.9 Å². The first-order valence-corrected chi connectivity index (χ1v) is 5.77. The van der Waals surface area contributed by atoms with Crippen LogP contribution in [0.2, 0.25) is 0 Å². The van der Waals surface area contributed by atoms with Gasteiger partial charge in [0.15, 0.2) is 11.5 Å². The highest BCUT2D eigenvalue weighted by molar-refractivity contribution is 6.64. The number of halogens is 3. The maximum absolute atomic E-state index is 12.8. The largest absolute Gasteiger partial charge is 0.586 e. The van der Waals surface area contributed by atoms with Crippen molar-refractivity contribution < 1.29 is 23.0 Å². The van der Waals surface area contributed by atoms with Crippen LogP contribution >= 0.6 is 11.6 Å². The molecule has 1 heterocycles. The molecule has 98 valence electrons. The molecule has 1 atom stereocenters. The van der Waals surface area contributed by atoms with Crippen LogP contribution in [0.15, 0.2) is 18.2 Å². The van der Waals surface area contributed by atoms with Crippen molar-refractivity contribution in [2.24, 2.45) is 5.92 Å². The van der Waals surface area contributed by atoms with E-state index >= 15 is 0 Å². The number of alkyl halides is 2. The molecule has 0 radical (unpaired) electrons. The first kappa shape index (κ1) is 13.1. The normalized spacial score (nSPS) is 17.9. The quantitative estimate of drug-likeness (QED) is 0.793. The maximum atomic E-state index is 12.8. The van der Waals surface area contributed by atoms with E-state index in [-0.39, 0.29) is 17.4 Å². The van der Waals surface area contributed by atoms with E-state index < -0.39 is 17.5 Å². The second-order valence-corrected chi connectivity index (χ2v) is 4.77. The molecule has 0 amide bonds. The summed E-state index contributed by atoms with van der Waals surface area (Å²) in [4.78, 5) is 11.4. The van der Waals surface area contributed by atoms with Gasteiger partial charge in [0.05, 0.1) is 5.92 Å². The third-order valence-electron chi connectivity index (χ3n) is 2.70. The summed E-state index contributed by atoms with van der Waals surface area (Å²) >= 11 is 5.52. The minimum atomic E-state index is -3.65. The molecule has 1 aliphatic rings. The van der Waals surface area contributed by atoms with Crippen molar-refractivity contribution in [3.8, 4) is 11.5 Å². The van der Waals surface area contributed by atoms with Crippen LogP contribution in [0.4, 0.5) is 8.78 Å². The lowest BCUT2D eigenvalue weighted by molar-refractivity contribution is -0.286. The Balaban J connectivity index is 2.36. The van der Waals surface area contributed by atoms with E-state index in [2.05, 4.69) is 9.47 Å². The Labute approximate surface area is 108 Å². The van der Waals surface area contributed by atoms with E-state index in [9.17, 15) is 13.6 Å². The third-order valence-corrected chi connectivity index (χ3v) is 2.93. The second kappa shape index (κ2) is 4.39. The van der Waals surface area contributed by atoms with Crippen LogP contribution < -0.4 is 9.47 Å². The Morgan fingerprint density at radius 3 is 2.44 bits per heavy atom. The number of rotatable bonds is 3. The highest BCUT2D eigenvalue weighted by Crippen LogP contribution is 2.43. The molecule has 0 fully saturated rings. The monoisotopic (exact) mass is 276 g/mol. The number of hydrogen-bond acceptors (Lipinski definition) is 3. The average molecular weight is 277 g/mol. The Morgan fingerprint density at radius 1 is 1.28 bits per heavy atom. The van der Waals surface area contributed by atoms with Crippen molar-refractivity contribution in [3.63, 3.8) is 0 Å². The molecule has 0 saturated heterocycles. The molecular formula is C12H11ClF2O3. The first-order chi connectivity index (χ1) is 8.30. The molecule has 6 heteroatoms. The minimum Gasteiger partial charge on any atom is -0.395 e. The molecule has 3 nitrogen and oxygen atoms in total. The highest BCUT2D eigenvalue weighted by Gasteiger charge is 2.43. The summed E-state index contributed by atoms with van der Waals surface area (Å²) in [5.74, 6) is -0.736. The number of carbonyl (C=O) groups is 1. The van der Waals surface area contributed by atoms with Crippen LogP contribution in [0, 0.1) is 5.92 Å². The van der Waals surface area contributed by atoms with Gasteiger partial charge in [0.2, 0.25) is 5.24 Å². The maximum Gasteiger partial charge on any atom is 0.586 e. The summed E-state index contributed by atoms with van der Waals surface area (Å²) < 4.78 is 34.3. The van der Waals surface area contributed by atoms with Crippen LogP contribution in [-0.4, -0.2) is 11.5 Å². The molecule has 1 aromatic carbocycles. The van der Waals surface area contributed by atoms with Crippen molar-refractivity contribution in [1.82, 2.24) is 0 Å². The van der Waals surface area contributed by atoms with Crippen molar-refractivity contribution in [2.75, 3.05) is 0 Å². The standard InChI is InChI=1S/C12H11ClF2O3/c1-6(2)10(11(13)16)7-3-4-8-9(5-7)18-12(14,15)17-8/h3-6,10H,1-2H3. The van der Waals surface area contributed by atoms with Gasteiger partial charge in [-0.15, -0.1) is 8.78 Å². The zero-order chi connectivity index (χ0) is 13.5. The van der Waals surface area contributed by atoms with E-state index in [4.69, 9.17) is 11.6 Å². The summed E-state index contributed by atoms with van der Waals surface area (Å²) in [6.07, 6.45) is -3.65. The fourth-order valence-electron chi connectivity index (χ4n) is 1.94. The van der Waals surface area contributed by atoms with Gasteiger partial charge in [-0.25, -0.2) is 0 Å². The molecule has 0 bridgehead atoms. The zero-order valence-electron chi connectivity index (χ0n) is 9.75. The second-order valence-electron chi connectivity index (χ2n) is 4.40. The van der Waals surface area contributed by atoms with Gasteiger partial charge >= 0.3 is 6.29 Å². The van der Waals surface area contributed by atoms with Crippen molar-refractivity contribution in [1.29, 1.82) is 0 Å². The Hall–Kier alpha value is -1.36. The van der Waals surface area contributed by atoms with E-state index in [1.54, 1.807) is 0 Å². The van der Waals surface area contributed by atoms with Crippen LogP contribution in [0.5, 0.6) is 11.5 Å². The van der Waals surface area contributed by atoms with Crippen LogP contribution in [-0.2, 0) is 4.79 Å². The van der Waals surface area contributed by atoms with Crippen molar-refractivity contribution >= 4 is 16.8 Å². The lowest BCUT2D eigenvalue weighted by atomic mass is 9.89. The van der Waals surface area contributed by atoms with Crippen LogP contribution in [0.25, 0.3) is 0 Å². The average Bonchev–Trinajstić information content (AvgIpc) is 2.49. The summed E-state index contributed by atoms with van der Waals surface area (Å²) in [7, 11) is 0. The summed E-state index contributed by atoms with van der Waals surface area (Å²) in [6.45, 7) is 3.65. The number of fused-ring (bicyclic) bond motifs is 1. The summed E-state index contributed by atoms with van der Waals surface area (Å²) in [5.41, 5.74) is 0.532. The van der Waals surface area contributed by atoms with Gasteiger partial charge in [0.25, 0.3) is 0 Å². The van der Waals surface area contributed by atoms with Crippen LogP contribution in [0.1, 0.15) is 25.3 Å². The smallest absolute Gasteiger partial charge is 0.395 e. The lowest BCUT2D eigenvalue weighted by Gasteiger charge is -2.16. The van der Waals surface area contributed by atoms with Gasteiger partial charge in [-0.3, -0.25) is 4.79 Å².